The Morgan fingerprint density at radius 3 is 2.56 bits per heavy atom. The van der Waals surface area contributed by atoms with Gasteiger partial charge in [-0.05, 0) is 24.3 Å². The molecule has 0 bridgehead atoms. The van der Waals surface area contributed by atoms with E-state index in [2.05, 4.69) is 0 Å². The second kappa shape index (κ2) is 4.79. The number of methoxy groups -OCH3 is 1. The zero-order valence-corrected chi connectivity index (χ0v) is 9.88. The molecular formula is C14H13NO3. The van der Waals surface area contributed by atoms with E-state index in [1.54, 1.807) is 19.2 Å². The van der Waals surface area contributed by atoms with Crippen molar-refractivity contribution < 1.29 is 14.6 Å². The van der Waals surface area contributed by atoms with Gasteiger partial charge >= 0.3 is 5.97 Å². The lowest BCUT2D eigenvalue weighted by molar-refractivity contribution is 0.0697. The monoisotopic (exact) mass is 243 g/mol. The first kappa shape index (κ1) is 12.0. The maximum absolute atomic E-state index is 11.0. The molecule has 0 saturated heterocycles. The van der Waals surface area contributed by atoms with Crippen molar-refractivity contribution in [2.24, 2.45) is 0 Å². The SMILES string of the molecule is COc1ccccc1-c1cc(C(=O)O)ccc1N. The van der Waals surface area contributed by atoms with Gasteiger partial charge in [0.15, 0.2) is 0 Å². The van der Waals surface area contributed by atoms with E-state index in [0.29, 0.717) is 17.0 Å². The Kier molecular flexibility index (Phi) is 3.19. The molecule has 0 aliphatic rings. The minimum Gasteiger partial charge on any atom is -0.496 e. The Bertz CT molecular complexity index is 593. The van der Waals surface area contributed by atoms with Crippen molar-refractivity contribution in [3.8, 4) is 16.9 Å². The normalized spacial score (nSPS) is 10.1. The number of aromatic carboxylic acids is 1. The largest absolute Gasteiger partial charge is 0.496 e. The molecule has 0 aromatic heterocycles. The maximum atomic E-state index is 11.0. The topological polar surface area (TPSA) is 72.5 Å². The first-order valence-electron chi connectivity index (χ1n) is 5.39. The summed E-state index contributed by atoms with van der Waals surface area (Å²) in [6.07, 6.45) is 0. The Hall–Kier alpha value is -2.49. The Balaban J connectivity index is 2.62. The van der Waals surface area contributed by atoms with Crippen LogP contribution < -0.4 is 10.5 Å². The summed E-state index contributed by atoms with van der Waals surface area (Å²) in [5.74, 6) is -0.321. The predicted molar refractivity (Wildman–Crippen MR) is 69.8 cm³/mol. The molecule has 0 spiro atoms. The molecule has 0 saturated carbocycles. The van der Waals surface area contributed by atoms with Crippen molar-refractivity contribution in [2.45, 2.75) is 0 Å². The Morgan fingerprint density at radius 1 is 1.17 bits per heavy atom. The molecule has 92 valence electrons. The summed E-state index contributed by atoms with van der Waals surface area (Å²) in [5, 5.41) is 9.00. The molecular weight excluding hydrogens is 230 g/mol. The van der Waals surface area contributed by atoms with Gasteiger partial charge in [0, 0.05) is 16.8 Å². The van der Waals surface area contributed by atoms with Gasteiger partial charge in [0.2, 0.25) is 0 Å². The molecule has 2 rings (SSSR count). The second-order valence-electron chi connectivity index (χ2n) is 3.81. The number of rotatable bonds is 3. The molecule has 0 fully saturated rings. The number of nitrogens with two attached hydrogens (primary N) is 1. The van der Waals surface area contributed by atoms with Gasteiger partial charge in [0.25, 0.3) is 0 Å². The van der Waals surface area contributed by atoms with Crippen molar-refractivity contribution in [1.82, 2.24) is 0 Å². The molecule has 18 heavy (non-hydrogen) atoms. The number of para-hydroxylation sites is 1. The molecule has 0 heterocycles. The van der Waals surface area contributed by atoms with Crippen molar-refractivity contribution in [3.05, 3.63) is 48.0 Å². The molecule has 0 atom stereocenters. The third-order valence-corrected chi connectivity index (χ3v) is 2.70. The van der Waals surface area contributed by atoms with Crippen molar-refractivity contribution >= 4 is 11.7 Å². The number of carboxylic acid groups (broad SMARTS) is 1. The maximum Gasteiger partial charge on any atom is 0.335 e. The van der Waals surface area contributed by atoms with Gasteiger partial charge in [0.1, 0.15) is 5.75 Å². The number of benzene rings is 2. The number of carbonyl (C=O) groups is 1. The molecule has 0 aliphatic heterocycles. The minimum absolute atomic E-state index is 0.199. The molecule has 2 aromatic carbocycles. The lowest BCUT2D eigenvalue weighted by atomic mass is 10.0. The van der Waals surface area contributed by atoms with Gasteiger partial charge in [-0.15, -0.1) is 0 Å². The molecule has 2 aromatic rings. The molecule has 4 heteroatoms. The fourth-order valence-corrected chi connectivity index (χ4v) is 1.79. The summed E-state index contributed by atoms with van der Waals surface area (Å²) in [5.41, 5.74) is 8.05. The van der Waals surface area contributed by atoms with Crippen molar-refractivity contribution in [3.63, 3.8) is 0 Å². The first-order chi connectivity index (χ1) is 8.63. The van der Waals surface area contributed by atoms with Gasteiger partial charge in [0.05, 0.1) is 12.7 Å². The Labute approximate surface area is 105 Å². The van der Waals surface area contributed by atoms with Crippen LogP contribution in [-0.2, 0) is 0 Å². The Morgan fingerprint density at radius 2 is 1.89 bits per heavy atom. The number of nitrogen functional groups attached to an aromatic ring is 1. The van der Waals surface area contributed by atoms with Crippen LogP contribution in [-0.4, -0.2) is 18.2 Å². The van der Waals surface area contributed by atoms with Crippen LogP contribution in [0.2, 0.25) is 0 Å². The number of hydrogen-bond acceptors (Lipinski definition) is 3. The van der Waals surface area contributed by atoms with Crippen molar-refractivity contribution in [1.29, 1.82) is 0 Å². The van der Waals surface area contributed by atoms with Crippen LogP contribution in [0.1, 0.15) is 10.4 Å². The van der Waals surface area contributed by atoms with E-state index < -0.39 is 5.97 Å². The van der Waals surface area contributed by atoms with Gasteiger partial charge in [-0.3, -0.25) is 0 Å². The van der Waals surface area contributed by atoms with Crippen LogP contribution in [0, 0.1) is 0 Å². The predicted octanol–water partition coefficient (Wildman–Crippen LogP) is 2.64. The average Bonchev–Trinajstić information content (AvgIpc) is 2.39. The zero-order valence-electron chi connectivity index (χ0n) is 9.88. The zero-order chi connectivity index (χ0) is 13.1. The highest BCUT2D eigenvalue weighted by Gasteiger charge is 2.11. The molecule has 0 aliphatic carbocycles. The minimum atomic E-state index is -0.980. The lowest BCUT2D eigenvalue weighted by Gasteiger charge is -2.11. The van der Waals surface area contributed by atoms with Crippen LogP contribution >= 0.6 is 0 Å². The fraction of sp³-hybridized carbons (Fsp3) is 0.0714. The summed E-state index contributed by atoms with van der Waals surface area (Å²) >= 11 is 0. The smallest absolute Gasteiger partial charge is 0.335 e. The van der Waals surface area contributed by atoms with E-state index in [0.717, 1.165) is 5.56 Å². The quantitative estimate of drug-likeness (QED) is 0.813. The van der Waals surface area contributed by atoms with Gasteiger partial charge in [-0.2, -0.15) is 0 Å². The third kappa shape index (κ3) is 2.13. The summed E-state index contributed by atoms with van der Waals surface area (Å²) in [7, 11) is 1.57. The van der Waals surface area contributed by atoms with Crippen LogP contribution in [0.3, 0.4) is 0 Å². The molecule has 0 radical (unpaired) electrons. The molecule has 4 nitrogen and oxygen atoms in total. The number of hydrogen-bond donors (Lipinski definition) is 2. The number of anilines is 1. The summed E-state index contributed by atoms with van der Waals surface area (Å²) < 4.78 is 5.25. The lowest BCUT2D eigenvalue weighted by Crippen LogP contribution is -1.99. The van der Waals surface area contributed by atoms with Crippen LogP contribution in [0.4, 0.5) is 5.69 Å². The molecule has 0 unspecified atom stereocenters. The average molecular weight is 243 g/mol. The van der Waals surface area contributed by atoms with Crippen LogP contribution in [0.25, 0.3) is 11.1 Å². The van der Waals surface area contributed by atoms with Gasteiger partial charge in [-0.25, -0.2) is 4.79 Å². The van der Waals surface area contributed by atoms with Crippen molar-refractivity contribution in [2.75, 3.05) is 12.8 Å². The van der Waals surface area contributed by atoms with Gasteiger partial charge in [-0.1, -0.05) is 18.2 Å². The van der Waals surface area contributed by atoms with Gasteiger partial charge < -0.3 is 15.6 Å². The second-order valence-corrected chi connectivity index (χ2v) is 3.81. The fourth-order valence-electron chi connectivity index (χ4n) is 1.79. The van der Waals surface area contributed by atoms with Crippen LogP contribution in [0.5, 0.6) is 5.75 Å². The third-order valence-electron chi connectivity index (χ3n) is 2.70. The summed E-state index contributed by atoms with van der Waals surface area (Å²) in [6, 6.07) is 12.0. The summed E-state index contributed by atoms with van der Waals surface area (Å²) in [6.45, 7) is 0. The first-order valence-corrected chi connectivity index (χ1v) is 5.39. The molecule has 0 amide bonds. The van der Waals surface area contributed by atoms with Crippen LogP contribution in [0.15, 0.2) is 42.5 Å². The highest BCUT2D eigenvalue weighted by atomic mass is 16.5. The van der Waals surface area contributed by atoms with E-state index >= 15 is 0 Å². The molecule has 3 N–H and O–H groups in total. The number of ether oxygens (including phenoxy) is 1. The number of carboxylic acids is 1. The highest BCUT2D eigenvalue weighted by molar-refractivity contribution is 5.92. The van der Waals surface area contributed by atoms with E-state index in [1.807, 2.05) is 24.3 Å². The van der Waals surface area contributed by atoms with E-state index in [-0.39, 0.29) is 5.56 Å². The van der Waals surface area contributed by atoms with E-state index in [1.165, 1.54) is 6.07 Å². The standard InChI is InChI=1S/C14H13NO3/c1-18-13-5-3-2-4-10(13)11-8-9(14(16)17)6-7-12(11)15/h2-8H,15H2,1H3,(H,16,17). The summed E-state index contributed by atoms with van der Waals surface area (Å²) in [4.78, 5) is 11.0. The van der Waals surface area contributed by atoms with E-state index in [4.69, 9.17) is 15.6 Å². The van der Waals surface area contributed by atoms with E-state index in [9.17, 15) is 4.79 Å². The highest BCUT2D eigenvalue weighted by Crippen LogP contribution is 2.34.